The van der Waals surface area contributed by atoms with Crippen molar-refractivity contribution in [2.24, 2.45) is 11.8 Å². The van der Waals surface area contributed by atoms with Crippen LogP contribution in [0.2, 0.25) is 0 Å². The first-order valence-electron chi connectivity index (χ1n) is 8.01. The molecule has 24 heavy (non-hydrogen) atoms. The van der Waals surface area contributed by atoms with Gasteiger partial charge in [0, 0.05) is 18.4 Å². The first kappa shape index (κ1) is 20.0. The number of carboxylic acids is 1. The summed E-state index contributed by atoms with van der Waals surface area (Å²) in [5.74, 6) is -2.54. The Hall–Kier alpha value is -2.05. The van der Waals surface area contributed by atoms with E-state index in [0.717, 1.165) is 5.57 Å². The van der Waals surface area contributed by atoms with Gasteiger partial charge in [-0.15, -0.1) is 0 Å². The van der Waals surface area contributed by atoms with E-state index in [1.165, 1.54) is 4.90 Å². The Kier molecular flexibility index (Phi) is 6.40. The minimum atomic E-state index is -1.17. The number of carbonyl (C=O) groups is 3. The molecular formula is C17H27NO6. The van der Waals surface area contributed by atoms with Crippen LogP contribution in [0, 0.1) is 11.8 Å². The smallest absolute Gasteiger partial charge is 0.411 e. The van der Waals surface area contributed by atoms with Crippen LogP contribution in [0.5, 0.6) is 0 Å². The van der Waals surface area contributed by atoms with Crippen LogP contribution in [0.15, 0.2) is 12.2 Å². The number of hydrogen-bond acceptors (Lipinski definition) is 5. The molecule has 1 N–H and O–H groups in total. The van der Waals surface area contributed by atoms with E-state index in [1.807, 2.05) is 0 Å². The molecule has 0 spiro atoms. The molecule has 1 heterocycles. The Morgan fingerprint density at radius 1 is 1.29 bits per heavy atom. The summed E-state index contributed by atoms with van der Waals surface area (Å²) in [5, 5.41) is 9.61. The number of ether oxygens (including phenoxy) is 2. The SMILES string of the molecule is C=C(C)[C@H]1CN(C(=O)OC(C)(C)C)[C@H](C(=O)O)[C@H]1CC(=O)OCC. The molecule has 0 radical (unpaired) electrons. The summed E-state index contributed by atoms with van der Waals surface area (Å²) in [4.78, 5) is 37.2. The monoisotopic (exact) mass is 341 g/mol. The highest BCUT2D eigenvalue weighted by molar-refractivity contribution is 5.83. The predicted octanol–water partition coefficient (Wildman–Crippen LogP) is 2.45. The second kappa shape index (κ2) is 7.68. The van der Waals surface area contributed by atoms with Crippen molar-refractivity contribution in [2.45, 2.75) is 52.7 Å². The van der Waals surface area contributed by atoms with Crippen molar-refractivity contribution >= 4 is 18.0 Å². The lowest BCUT2D eigenvalue weighted by Crippen LogP contribution is -2.45. The molecule has 7 heteroatoms. The van der Waals surface area contributed by atoms with Crippen molar-refractivity contribution in [2.75, 3.05) is 13.2 Å². The maximum Gasteiger partial charge on any atom is 0.411 e. The lowest BCUT2D eigenvalue weighted by Gasteiger charge is -2.28. The van der Waals surface area contributed by atoms with E-state index in [1.54, 1.807) is 34.6 Å². The minimum absolute atomic E-state index is 0.0817. The number of esters is 1. The third-order valence-corrected chi connectivity index (χ3v) is 3.87. The molecule has 1 fully saturated rings. The topological polar surface area (TPSA) is 93.1 Å². The number of likely N-dealkylation sites (tertiary alicyclic amines) is 1. The lowest BCUT2D eigenvalue weighted by molar-refractivity contribution is -0.147. The van der Waals surface area contributed by atoms with Crippen LogP contribution < -0.4 is 0 Å². The van der Waals surface area contributed by atoms with Crippen LogP contribution in [0.4, 0.5) is 4.79 Å². The highest BCUT2D eigenvalue weighted by Crippen LogP contribution is 2.37. The standard InChI is InChI=1S/C17H27NO6/c1-7-23-13(19)8-11-12(10(2)3)9-18(14(11)15(20)21)16(22)24-17(4,5)6/h11-12,14H,2,7-9H2,1,3-6H3,(H,20,21)/t11-,12+,14-/m0/s1. The Bertz CT molecular complexity index is 522. The average Bonchev–Trinajstić information content (AvgIpc) is 2.76. The molecule has 0 unspecified atom stereocenters. The number of nitrogens with zero attached hydrogens (tertiary/aromatic N) is 1. The van der Waals surface area contributed by atoms with Crippen LogP contribution in [0.25, 0.3) is 0 Å². The predicted molar refractivity (Wildman–Crippen MR) is 87.4 cm³/mol. The quantitative estimate of drug-likeness (QED) is 0.610. The number of hydrogen-bond donors (Lipinski definition) is 1. The number of carboxylic acid groups (broad SMARTS) is 1. The van der Waals surface area contributed by atoms with Gasteiger partial charge >= 0.3 is 18.0 Å². The Morgan fingerprint density at radius 2 is 1.88 bits per heavy atom. The van der Waals surface area contributed by atoms with Crippen molar-refractivity contribution in [3.63, 3.8) is 0 Å². The molecule has 3 atom stereocenters. The number of amides is 1. The van der Waals surface area contributed by atoms with Gasteiger partial charge < -0.3 is 14.6 Å². The molecular weight excluding hydrogens is 314 g/mol. The first-order chi connectivity index (χ1) is 11.0. The van der Waals surface area contributed by atoms with E-state index < -0.39 is 35.6 Å². The van der Waals surface area contributed by atoms with Crippen molar-refractivity contribution in [3.8, 4) is 0 Å². The van der Waals surface area contributed by atoms with Crippen molar-refractivity contribution in [1.82, 2.24) is 4.90 Å². The van der Waals surface area contributed by atoms with Crippen LogP contribution in [-0.4, -0.2) is 52.8 Å². The van der Waals surface area contributed by atoms with Gasteiger partial charge in [-0.05, 0) is 34.6 Å². The van der Waals surface area contributed by atoms with Gasteiger partial charge in [0.05, 0.1) is 13.0 Å². The van der Waals surface area contributed by atoms with Gasteiger partial charge in [0.1, 0.15) is 11.6 Å². The molecule has 1 aliphatic heterocycles. The zero-order valence-electron chi connectivity index (χ0n) is 15.0. The molecule has 1 amide bonds. The summed E-state index contributed by atoms with van der Waals surface area (Å²) in [6.07, 6.45) is -0.783. The summed E-state index contributed by atoms with van der Waals surface area (Å²) in [7, 11) is 0. The molecule has 0 aromatic rings. The molecule has 7 nitrogen and oxygen atoms in total. The minimum Gasteiger partial charge on any atom is -0.480 e. The van der Waals surface area contributed by atoms with Gasteiger partial charge in [0.2, 0.25) is 0 Å². The average molecular weight is 341 g/mol. The molecule has 1 saturated heterocycles. The Morgan fingerprint density at radius 3 is 2.29 bits per heavy atom. The van der Waals surface area contributed by atoms with Gasteiger partial charge in [-0.1, -0.05) is 12.2 Å². The van der Waals surface area contributed by atoms with Crippen LogP contribution >= 0.6 is 0 Å². The number of carbonyl (C=O) groups excluding carboxylic acids is 2. The summed E-state index contributed by atoms with van der Waals surface area (Å²) in [5.41, 5.74) is -0.0143. The molecule has 0 aromatic carbocycles. The van der Waals surface area contributed by atoms with Gasteiger partial charge in [-0.25, -0.2) is 9.59 Å². The summed E-state index contributed by atoms with van der Waals surface area (Å²) in [6, 6.07) is -1.15. The van der Waals surface area contributed by atoms with Gasteiger partial charge in [-0.2, -0.15) is 0 Å². The molecule has 0 saturated carbocycles. The van der Waals surface area contributed by atoms with Crippen LogP contribution in [-0.2, 0) is 19.1 Å². The first-order valence-corrected chi connectivity index (χ1v) is 8.01. The second-order valence-corrected chi connectivity index (χ2v) is 7.04. The van der Waals surface area contributed by atoms with E-state index in [-0.39, 0.29) is 25.5 Å². The van der Waals surface area contributed by atoms with Gasteiger partial charge in [0.15, 0.2) is 0 Å². The fourth-order valence-corrected chi connectivity index (χ4v) is 2.92. The number of rotatable bonds is 5. The van der Waals surface area contributed by atoms with Crippen molar-refractivity contribution in [1.29, 1.82) is 0 Å². The lowest BCUT2D eigenvalue weighted by atomic mass is 9.84. The third kappa shape index (κ3) is 4.97. The van der Waals surface area contributed by atoms with Crippen molar-refractivity contribution < 1.29 is 29.0 Å². The van der Waals surface area contributed by atoms with Crippen molar-refractivity contribution in [3.05, 3.63) is 12.2 Å². The molecule has 1 aliphatic rings. The fourth-order valence-electron chi connectivity index (χ4n) is 2.92. The summed E-state index contributed by atoms with van der Waals surface area (Å²) in [6.45, 7) is 12.8. The van der Waals surface area contributed by atoms with E-state index in [9.17, 15) is 19.5 Å². The maximum absolute atomic E-state index is 12.4. The maximum atomic E-state index is 12.4. The van der Waals surface area contributed by atoms with E-state index in [0.29, 0.717) is 0 Å². The zero-order valence-corrected chi connectivity index (χ0v) is 15.0. The fraction of sp³-hybridized carbons (Fsp3) is 0.706. The zero-order chi connectivity index (χ0) is 18.7. The second-order valence-electron chi connectivity index (χ2n) is 7.04. The molecule has 136 valence electrons. The van der Waals surface area contributed by atoms with Crippen LogP contribution in [0.3, 0.4) is 0 Å². The highest BCUT2D eigenvalue weighted by Gasteiger charge is 2.50. The summed E-state index contributed by atoms with van der Waals surface area (Å²) >= 11 is 0. The molecule has 1 rings (SSSR count). The Labute approximate surface area is 142 Å². The third-order valence-electron chi connectivity index (χ3n) is 3.87. The largest absolute Gasteiger partial charge is 0.480 e. The number of aliphatic carboxylic acids is 1. The van der Waals surface area contributed by atoms with E-state index >= 15 is 0 Å². The normalized spacial score (nSPS) is 23.7. The van der Waals surface area contributed by atoms with Gasteiger partial charge in [0.25, 0.3) is 0 Å². The van der Waals surface area contributed by atoms with Gasteiger partial charge in [-0.3, -0.25) is 9.69 Å². The molecule has 0 bridgehead atoms. The molecule has 0 aliphatic carbocycles. The van der Waals surface area contributed by atoms with E-state index in [2.05, 4.69) is 6.58 Å². The molecule has 0 aromatic heterocycles. The van der Waals surface area contributed by atoms with E-state index in [4.69, 9.17) is 9.47 Å². The van der Waals surface area contributed by atoms with Crippen LogP contribution in [0.1, 0.15) is 41.0 Å². The Balaban J connectivity index is 3.09. The summed E-state index contributed by atoms with van der Waals surface area (Å²) < 4.78 is 10.2. The highest BCUT2D eigenvalue weighted by atomic mass is 16.6.